The van der Waals surface area contributed by atoms with Crippen LogP contribution in [0, 0.1) is 13.8 Å². The van der Waals surface area contributed by atoms with Gasteiger partial charge < -0.3 is 11.1 Å². The van der Waals surface area contributed by atoms with E-state index in [1.165, 1.54) is 12.1 Å². The van der Waals surface area contributed by atoms with E-state index in [0.717, 1.165) is 6.08 Å². The summed E-state index contributed by atoms with van der Waals surface area (Å²) in [6, 6.07) is 2.92. The third kappa shape index (κ3) is 4.07. The van der Waals surface area contributed by atoms with Gasteiger partial charge in [0.2, 0.25) is 5.91 Å². The van der Waals surface area contributed by atoms with Crippen LogP contribution < -0.4 is 11.1 Å². The van der Waals surface area contributed by atoms with Gasteiger partial charge in [-0.2, -0.15) is 8.42 Å². The van der Waals surface area contributed by atoms with Crippen molar-refractivity contribution in [1.82, 2.24) is 5.32 Å². The van der Waals surface area contributed by atoms with Crippen LogP contribution >= 0.6 is 0 Å². The van der Waals surface area contributed by atoms with Gasteiger partial charge in [-0.3, -0.25) is 8.98 Å². The van der Waals surface area contributed by atoms with Crippen LogP contribution in [0.3, 0.4) is 0 Å². The minimum absolute atomic E-state index is 0.0525. The zero-order valence-electron chi connectivity index (χ0n) is 11.5. The number of amides is 1. The molecule has 7 heteroatoms. The monoisotopic (exact) mass is 298 g/mol. The van der Waals surface area contributed by atoms with Crippen LogP contribution in [0.5, 0.6) is 0 Å². The van der Waals surface area contributed by atoms with Crippen molar-refractivity contribution in [3.8, 4) is 0 Å². The molecule has 1 aromatic rings. The van der Waals surface area contributed by atoms with Crippen LogP contribution in [-0.4, -0.2) is 27.5 Å². The quantitative estimate of drug-likeness (QED) is 0.352. The average molecular weight is 298 g/mol. The molecule has 110 valence electrons. The van der Waals surface area contributed by atoms with Crippen LogP contribution in [0.2, 0.25) is 0 Å². The summed E-state index contributed by atoms with van der Waals surface area (Å²) < 4.78 is 28.8. The fourth-order valence-corrected chi connectivity index (χ4v) is 2.63. The number of rotatable bonds is 6. The average Bonchev–Trinajstić information content (AvgIpc) is 2.40. The number of carbonyl (C=O) groups is 1. The van der Waals surface area contributed by atoms with E-state index in [1.54, 1.807) is 13.8 Å². The van der Waals surface area contributed by atoms with Gasteiger partial charge in [-0.15, -0.1) is 0 Å². The molecule has 0 aromatic heterocycles. The maximum atomic E-state index is 12.0. The number of aryl methyl sites for hydroxylation is 2. The first-order valence-electron chi connectivity index (χ1n) is 5.94. The van der Waals surface area contributed by atoms with Gasteiger partial charge in [0.1, 0.15) is 0 Å². The molecule has 0 aliphatic heterocycles. The van der Waals surface area contributed by atoms with E-state index in [9.17, 15) is 13.2 Å². The molecular weight excluding hydrogens is 280 g/mol. The van der Waals surface area contributed by atoms with Gasteiger partial charge in [0.05, 0.1) is 11.5 Å². The van der Waals surface area contributed by atoms with Crippen molar-refractivity contribution in [2.45, 2.75) is 18.7 Å². The van der Waals surface area contributed by atoms with Crippen LogP contribution in [0.25, 0.3) is 0 Å². The Morgan fingerprint density at radius 1 is 1.40 bits per heavy atom. The molecule has 0 radical (unpaired) electrons. The first-order valence-corrected chi connectivity index (χ1v) is 7.35. The second-order valence-electron chi connectivity index (χ2n) is 4.24. The Balaban J connectivity index is 2.74. The summed E-state index contributed by atoms with van der Waals surface area (Å²) in [5.74, 6) is -0.384. The second kappa shape index (κ2) is 6.53. The largest absolute Gasteiger partial charge is 0.398 e. The number of benzene rings is 1. The van der Waals surface area contributed by atoms with Crippen LogP contribution in [-0.2, 0) is 19.1 Å². The molecule has 3 N–H and O–H groups in total. The fraction of sp³-hybridized carbons (Fsp3) is 0.308. The van der Waals surface area contributed by atoms with Crippen molar-refractivity contribution in [2.24, 2.45) is 0 Å². The van der Waals surface area contributed by atoms with Gasteiger partial charge in [-0.05, 0) is 43.2 Å². The lowest BCUT2D eigenvalue weighted by atomic mass is 10.1. The standard InChI is InChI=1S/C13H18N2O4S/c1-4-12(16)15-5-6-19-20(17,18)11-7-9(2)13(14)10(3)8-11/h4,7-8H,1,5-6,14H2,2-3H3,(H,15,16). The summed E-state index contributed by atoms with van der Waals surface area (Å²) in [6.45, 7) is 6.67. The van der Waals surface area contributed by atoms with Crippen molar-refractivity contribution in [3.63, 3.8) is 0 Å². The molecular formula is C13H18N2O4S. The molecule has 0 unspecified atom stereocenters. The fourth-order valence-electron chi connectivity index (χ4n) is 1.55. The molecule has 1 aromatic carbocycles. The van der Waals surface area contributed by atoms with E-state index in [1.807, 2.05) is 0 Å². The lowest BCUT2D eigenvalue weighted by Crippen LogP contribution is -2.26. The number of nitrogen functional groups attached to an aromatic ring is 1. The maximum Gasteiger partial charge on any atom is 0.297 e. The van der Waals surface area contributed by atoms with E-state index >= 15 is 0 Å². The highest BCUT2D eigenvalue weighted by atomic mass is 32.2. The van der Waals surface area contributed by atoms with E-state index in [2.05, 4.69) is 11.9 Å². The minimum Gasteiger partial charge on any atom is -0.398 e. The third-order valence-corrected chi connectivity index (χ3v) is 3.97. The van der Waals surface area contributed by atoms with Crippen molar-refractivity contribution >= 4 is 21.7 Å². The number of anilines is 1. The number of nitrogens with two attached hydrogens (primary N) is 1. The Kier molecular flexibility index (Phi) is 5.29. The van der Waals surface area contributed by atoms with Gasteiger partial charge in [0.15, 0.2) is 0 Å². The Labute approximate surface area is 118 Å². The maximum absolute atomic E-state index is 12.0. The number of hydrogen-bond acceptors (Lipinski definition) is 5. The first-order chi connectivity index (χ1) is 9.27. The molecule has 20 heavy (non-hydrogen) atoms. The molecule has 0 aliphatic rings. The van der Waals surface area contributed by atoms with Crippen LogP contribution in [0.1, 0.15) is 11.1 Å². The van der Waals surface area contributed by atoms with Gasteiger partial charge >= 0.3 is 0 Å². The minimum atomic E-state index is -3.86. The molecule has 0 aliphatic carbocycles. The number of nitrogens with one attached hydrogen (secondary N) is 1. The summed E-state index contributed by atoms with van der Waals surface area (Å²) in [7, 11) is -3.86. The zero-order valence-corrected chi connectivity index (χ0v) is 12.3. The number of carbonyl (C=O) groups excluding carboxylic acids is 1. The predicted octanol–water partition coefficient (Wildman–Crippen LogP) is 0.893. The lowest BCUT2D eigenvalue weighted by Gasteiger charge is -2.10. The molecule has 0 fully saturated rings. The van der Waals surface area contributed by atoms with E-state index < -0.39 is 10.1 Å². The summed E-state index contributed by atoms with van der Waals surface area (Å²) >= 11 is 0. The van der Waals surface area contributed by atoms with E-state index in [4.69, 9.17) is 9.92 Å². The normalized spacial score (nSPS) is 11.1. The molecule has 1 rings (SSSR count). The smallest absolute Gasteiger partial charge is 0.297 e. The molecule has 0 bridgehead atoms. The Morgan fingerprint density at radius 2 is 1.95 bits per heavy atom. The molecule has 1 amide bonds. The Morgan fingerprint density at radius 3 is 2.45 bits per heavy atom. The first kappa shape index (κ1) is 16.2. The summed E-state index contributed by atoms with van der Waals surface area (Å²) in [4.78, 5) is 10.9. The third-order valence-electron chi connectivity index (χ3n) is 2.68. The van der Waals surface area contributed by atoms with Crippen LogP contribution in [0.4, 0.5) is 5.69 Å². The highest BCUT2D eigenvalue weighted by Gasteiger charge is 2.17. The predicted molar refractivity (Wildman–Crippen MR) is 76.7 cm³/mol. The molecule has 0 saturated carbocycles. The topological polar surface area (TPSA) is 98.5 Å². The zero-order chi connectivity index (χ0) is 15.3. The summed E-state index contributed by atoms with van der Waals surface area (Å²) in [6.07, 6.45) is 1.10. The SMILES string of the molecule is C=CC(=O)NCCOS(=O)(=O)c1cc(C)c(N)c(C)c1. The lowest BCUT2D eigenvalue weighted by molar-refractivity contribution is -0.116. The molecule has 0 saturated heterocycles. The molecule has 0 heterocycles. The number of hydrogen-bond donors (Lipinski definition) is 2. The second-order valence-corrected chi connectivity index (χ2v) is 5.86. The van der Waals surface area contributed by atoms with Gasteiger partial charge in [0, 0.05) is 12.2 Å². The van der Waals surface area contributed by atoms with Crippen molar-refractivity contribution in [3.05, 3.63) is 35.9 Å². The Hall–Kier alpha value is -1.86. The van der Waals surface area contributed by atoms with Gasteiger partial charge in [0.25, 0.3) is 10.1 Å². The molecule has 6 nitrogen and oxygen atoms in total. The molecule has 0 spiro atoms. The van der Waals surface area contributed by atoms with E-state index in [-0.39, 0.29) is 24.0 Å². The summed E-state index contributed by atoms with van der Waals surface area (Å²) in [5, 5.41) is 2.42. The van der Waals surface area contributed by atoms with E-state index in [0.29, 0.717) is 16.8 Å². The van der Waals surface area contributed by atoms with Crippen molar-refractivity contribution in [2.75, 3.05) is 18.9 Å². The summed E-state index contributed by atoms with van der Waals surface area (Å²) in [5.41, 5.74) is 7.68. The van der Waals surface area contributed by atoms with Gasteiger partial charge in [-0.25, -0.2) is 0 Å². The van der Waals surface area contributed by atoms with Gasteiger partial charge in [-0.1, -0.05) is 6.58 Å². The van der Waals surface area contributed by atoms with Crippen LogP contribution in [0.15, 0.2) is 29.7 Å². The van der Waals surface area contributed by atoms with Crippen molar-refractivity contribution < 1.29 is 17.4 Å². The Bertz CT molecular complexity index is 600. The van der Waals surface area contributed by atoms with Crippen molar-refractivity contribution in [1.29, 1.82) is 0 Å². The highest BCUT2D eigenvalue weighted by molar-refractivity contribution is 7.86. The highest BCUT2D eigenvalue weighted by Crippen LogP contribution is 2.22. The molecule has 0 atom stereocenters.